The summed E-state index contributed by atoms with van der Waals surface area (Å²) in [6.45, 7) is 0.263. The standard InChI is InChI=1S/C17H16F3N5O.HI/c1-25-14-5-3-2-4-13(14)24-15(25)10-22-16(21)23-11-6-8-12(9-7-11)26-17(18,19)20;/h2-9H,10H2,1H3,(H3,21,22,23);1H. The van der Waals surface area contributed by atoms with Crippen LogP contribution in [0.15, 0.2) is 53.5 Å². The van der Waals surface area contributed by atoms with Crippen LogP contribution in [-0.2, 0) is 13.6 Å². The van der Waals surface area contributed by atoms with Crippen LogP contribution in [0.5, 0.6) is 5.75 Å². The molecule has 3 N–H and O–H groups in total. The quantitative estimate of drug-likeness (QED) is 0.329. The summed E-state index contributed by atoms with van der Waals surface area (Å²) in [5.41, 5.74) is 8.18. The first kappa shape index (κ1) is 20.8. The Balaban J connectivity index is 0.00000261. The predicted molar refractivity (Wildman–Crippen MR) is 108 cm³/mol. The molecule has 27 heavy (non-hydrogen) atoms. The zero-order valence-corrected chi connectivity index (χ0v) is 16.5. The van der Waals surface area contributed by atoms with Gasteiger partial charge in [-0.15, -0.1) is 37.1 Å². The lowest BCUT2D eigenvalue weighted by Crippen LogP contribution is -2.23. The summed E-state index contributed by atoms with van der Waals surface area (Å²) < 4.78 is 42.1. The molecule has 3 rings (SSSR count). The lowest BCUT2D eigenvalue weighted by molar-refractivity contribution is -0.274. The van der Waals surface area contributed by atoms with Crippen molar-refractivity contribution in [3.63, 3.8) is 0 Å². The van der Waals surface area contributed by atoms with Crippen LogP contribution in [0.25, 0.3) is 11.0 Å². The molecular formula is C17H17F3IN5O. The molecule has 0 saturated carbocycles. The Kier molecular flexibility index (Phi) is 6.52. The molecule has 0 fully saturated rings. The topological polar surface area (TPSA) is 77.5 Å². The number of aryl methyl sites for hydroxylation is 1. The zero-order valence-electron chi connectivity index (χ0n) is 14.2. The van der Waals surface area contributed by atoms with Gasteiger partial charge in [0, 0.05) is 12.7 Å². The minimum absolute atomic E-state index is 0. The van der Waals surface area contributed by atoms with E-state index in [1.54, 1.807) is 0 Å². The highest BCUT2D eigenvalue weighted by atomic mass is 127. The van der Waals surface area contributed by atoms with Crippen LogP contribution in [0.3, 0.4) is 0 Å². The molecular weight excluding hydrogens is 474 g/mol. The Labute approximate surface area is 170 Å². The molecule has 6 nitrogen and oxygen atoms in total. The van der Waals surface area contributed by atoms with Crippen molar-refractivity contribution in [2.75, 3.05) is 5.32 Å². The smallest absolute Gasteiger partial charge is 0.406 e. The number of ether oxygens (including phenoxy) is 1. The van der Waals surface area contributed by atoms with Gasteiger partial charge in [-0.1, -0.05) is 12.1 Å². The summed E-state index contributed by atoms with van der Waals surface area (Å²) in [5, 5.41) is 2.81. The Morgan fingerprint density at radius 3 is 2.48 bits per heavy atom. The summed E-state index contributed by atoms with van der Waals surface area (Å²) >= 11 is 0. The van der Waals surface area contributed by atoms with Crippen molar-refractivity contribution in [2.24, 2.45) is 17.8 Å². The van der Waals surface area contributed by atoms with Crippen LogP contribution in [0.2, 0.25) is 0 Å². The first-order valence-electron chi connectivity index (χ1n) is 7.65. The molecule has 0 aliphatic heterocycles. The highest BCUT2D eigenvalue weighted by molar-refractivity contribution is 14.0. The third-order valence-corrected chi connectivity index (χ3v) is 3.63. The summed E-state index contributed by atoms with van der Waals surface area (Å²) in [7, 11) is 1.89. The number of imidazole rings is 1. The van der Waals surface area contributed by atoms with Gasteiger partial charge in [0.05, 0.1) is 11.0 Å². The number of hydrogen-bond donors (Lipinski definition) is 2. The fourth-order valence-corrected chi connectivity index (χ4v) is 2.42. The van der Waals surface area contributed by atoms with Crippen molar-refractivity contribution in [1.82, 2.24) is 9.55 Å². The van der Waals surface area contributed by atoms with E-state index in [1.807, 2.05) is 35.9 Å². The van der Waals surface area contributed by atoms with Crippen molar-refractivity contribution in [2.45, 2.75) is 12.9 Å². The number of nitrogens with two attached hydrogens (primary N) is 1. The second kappa shape index (κ2) is 8.46. The highest BCUT2D eigenvalue weighted by Gasteiger charge is 2.30. The number of halogens is 4. The van der Waals surface area contributed by atoms with E-state index in [0.717, 1.165) is 16.9 Å². The highest BCUT2D eigenvalue weighted by Crippen LogP contribution is 2.23. The summed E-state index contributed by atoms with van der Waals surface area (Å²) in [6, 6.07) is 12.9. The van der Waals surface area contributed by atoms with E-state index in [2.05, 4.69) is 20.0 Å². The number of benzene rings is 2. The Hall–Kier alpha value is -2.50. The van der Waals surface area contributed by atoms with E-state index < -0.39 is 6.36 Å². The number of fused-ring (bicyclic) bond motifs is 1. The van der Waals surface area contributed by atoms with Gasteiger partial charge in [0.25, 0.3) is 0 Å². The first-order chi connectivity index (χ1) is 12.3. The number of hydrogen-bond acceptors (Lipinski definition) is 3. The molecule has 0 spiro atoms. The lowest BCUT2D eigenvalue weighted by Gasteiger charge is -2.10. The summed E-state index contributed by atoms with van der Waals surface area (Å²) in [5.74, 6) is 0.560. The number of guanidine groups is 1. The second-order valence-electron chi connectivity index (χ2n) is 5.47. The van der Waals surface area contributed by atoms with E-state index in [0.29, 0.717) is 5.69 Å². The molecule has 0 saturated heterocycles. The van der Waals surface area contributed by atoms with Crippen LogP contribution >= 0.6 is 24.0 Å². The average Bonchev–Trinajstić information content (AvgIpc) is 2.90. The molecule has 3 aromatic rings. The molecule has 10 heteroatoms. The Bertz CT molecular complexity index is 938. The van der Waals surface area contributed by atoms with E-state index in [-0.39, 0.29) is 42.2 Å². The molecule has 0 radical (unpaired) electrons. The van der Waals surface area contributed by atoms with Gasteiger partial charge >= 0.3 is 6.36 Å². The van der Waals surface area contributed by atoms with Gasteiger partial charge in [-0.2, -0.15) is 0 Å². The van der Waals surface area contributed by atoms with Gasteiger partial charge in [0.15, 0.2) is 5.96 Å². The van der Waals surface area contributed by atoms with Gasteiger partial charge in [-0.25, -0.2) is 9.98 Å². The van der Waals surface area contributed by atoms with Crippen LogP contribution in [0.4, 0.5) is 18.9 Å². The first-order valence-corrected chi connectivity index (χ1v) is 7.65. The van der Waals surface area contributed by atoms with Gasteiger partial charge in [-0.05, 0) is 36.4 Å². The minimum atomic E-state index is -4.72. The maximum absolute atomic E-state index is 12.1. The maximum Gasteiger partial charge on any atom is 0.573 e. The van der Waals surface area contributed by atoms with E-state index >= 15 is 0 Å². The van der Waals surface area contributed by atoms with Crippen molar-refractivity contribution in [1.29, 1.82) is 0 Å². The van der Waals surface area contributed by atoms with Crippen molar-refractivity contribution in [3.8, 4) is 5.75 Å². The number of nitrogens with one attached hydrogen (secondary N) is 1. The molecule has 0 amide bonds. The molecule has 0 aliphatic carbocycles. The lowest BCUT2D eigenvalue weighted by atomic mass is 10.3. The zero-order chi connectivity index (χ0) is 18.7. The van der Waals surface area contributed by atoms with E-state index in [9.17, 15) is 13.2 Å². The molecule has 1 heterocycles. The minimum Gasteiger partial charge on any atom is -0.406 e. The van der Waals surface area contributed by atoms with E-state index in [4.69, 9.17) is 5.73 Å². The Morgan fingerprint density at radius 1 is 1.19 bits per heavy atom. The predicted octanol–water partition coefficient (Wildman–Crippen LogP) is 4.02. The fourth-order valence-electron chi connectivity index (χ4n) is 2.42. The molecule has 144 valence electrons. The van der Waals surface area contributed by atoms with Crippen molar-refractivity contribution >= 4 is 46.7 Å². The van der Waals surface area contributed by atoms with Crippen molar-refractivity contribution < 1.29 is 17.9 Å². The molecule has 0 bridgehead atoms. The normalized spacial score (nSPS) is 11.9. The second-order valence-corrected chi connectivity index (χ2v) is 5.47. The molecule has 1 aromatic heterocycles. The van der Waals surface area contributed by atoms with Gasteiger partial charge in [0.1, 0.15) is 18.1 Å². The van der Waals surface area contributed by atoms with Crippen LogP contribution in [-0.4, -0.2) is 21.9 Å². The van der Waals surface area contributed by atoms with Crippen LogP contribution in [0.1, 0.15) is 5.82 Å². The number of alkyl halides is 3. The number of nitrogens with zero attached hydrogens (tertiary/aromatic N) is 3. The number of aromatic nitrogens is 2. The van der Waals surface area contributed by atoms with Crippen LogP contribution in [0, 0.1) is 0 Å². The number of aliphatic imine (C=N–C) groups is 1. The number of anilines is 1. The SMILES string of the molecule is Cn1c(CN=C(N)Nc2ccc(OC(F)(F)F)cc2)nc2ccccc21.I. The third-order valence-electron chi connectivity index (χ3n) is 3.63. The molecule has 2 aromatic carbocycles. The summed E-state index contributed by atoms with van der Waals surface area (Å²) in [4.78, 5) is 8.70. The Morgan fingerprint density at radius 2 is 1.85 bits per heavy atom. The maximum atomic E-state index is 12.1. The molecule has 0 unspecified atom stereocenters. The van der Waals surface area contributed by atoms with Gasteiger partial charge in [0.2, 0.25) is 0 Å². The van der Waals surface area contributed by atoms with Crippen LogP contribution < -0.4 is 15.8 Å². The van der Waals surface area contributed by atoms with Crippen molar-refractivity contribution in [3.05, 3.63) is 54.4 Å². The molecule has 0 atom stereocenters. The fraction of sp³-hybridized carbons (Fsp3) is 0.176. The monoisotopic (exact) mass is 491 g/mol. The largest absolute Gasteiger partial charge is 0.573 e. The van der Waals surface area contributed by atoms with E-state index in [1.165, 1.54) is 24.3 Å². The van der Waals surface area contributed by atoms with Gasteiger partial charge < -0.3 is 20.4 Å². The average molecular weight is 491 g/mol. The summed E-state index contributed by atoms with van der Waals surface area (Å²) in [6.07, 6.45) is -4.72. The molecule has 0 aliphatic rings. The third kappa shape index (κ3) is 5.49. The number of para-hydroxylation sites is 2. The van der Waals surface area contributed by atoms with Gasteiger partial charge in [-0.3, -0.25) is 0 Å². The number of rotatable bonds is 4.